The molecule has 2 aromatic carbocycles. The van der Waals surface area contributed by atoms with Gasteiger partial charge in [-0.25, -0.2) is 0 Å². The Hall–Kier alpha value is -2.64. The van der Waals surface area contributed by atoms with Crippen molar-refractivity contribution in [2.75, 3.05) is 44.2 Å². The Kier molecular flexibility index (Phi) is 5.50. The molecule has 0 aliphatic carbocycles. The Balaban J connectivity index is 1.28. The maximum absolute atomic E-state index is 5.89. The molecule has 1 aliphatic heterocycles. The SMILES string of the molecule is Clc1ccc(OCCN2CCN(c3nnnn3-c3ccccc3)CC2)cc1. The average molecular weight is 385 g/mol. The van der Waals surface area contributed by atoms with Crippen LogP contribution in [0.2, 0.25) is 5.02 Å². The first kappa shape index (κ1) is 17.8. The molecule has 0 atom stereocenters. The molecule has 2 heterocycles. The lowest BCUT2D eigenvalue weighted by molar-refractivity contribution is 0.200. The van der Waals surface area contributed by atoms with Crippen LogP contribution < -0.4 is 9.64 Å². The van der Waals surface area contributed by atoms with Gasteiger partial charge in [0.1, 0.15) is 12.4 Å². The zero-order valence-corrected chi connectivity index (χ0v) is 15.7. The summed E-state index contributed by atoms with van der Waals surface area (Å²) < 4.78 is 7.58. The Bertz CT molecular complexity index is 846. The first-order valence-corrected chi connectivity index (χ1v) is 9.37. The molecular formula is C19H21ClN6O. The van der Waals surface area contributed by atoms with Crippen LogP contribution in [0.4, 0.5) is 5.95 Å². The Labute approximate surface area is 163 Å². The van der Waals surface area contributed by atoms with Gasteiger partial charge in [-0.15, -0.1) is 0 Å². The maximum atomic E-state index is 5.89. The quantitative estimate of drug-likeness (QED) is 0.651. The number of piperazine rings is 1. The number of halogens is 1. The largest absolute Gasteiger partial charge is 0.492 e. The van der Waals surface area contributed by atoms with Gasteiger partial charge in [-0.3, -0.25) is 4.90 Å². The van der Waals surface area contributed by atoms with E-state index in [1.54, 1.807) is 4.68 Å². The third-order valence-corrected chi connectivity index (χ3v) is 4.85. The monoisotopic (exact) mass is 384 g/mol. The summed E-state index contributed by atoms with van der Waals surface area (Å²) in [5, 5.41) is 12.9. The number of hydrogen-bond donors (Lipinski definition) is 0. The van der Waals surface area contributed by atoms with Crippen molar-refractivity contribution in [3.05, 3.63) is 59.6 Å². The molecule has 0 radical (unpaired) electrons. The van der Waals surface area contributed by atoms with E-state index in [4.69, 9.17) is 16.3 Å². The lowest BCUT2D eigenvalue weighted by Crippen LogP contribution is -2.48. The molecule has 1 aromatic heterocycles. The zero-order valence-electron chi connectivity index (χ0n) is 14.9. The van der Waals surface area contributed by atoms with Gasteiger partial charge in [0.15, 0.2) is 0 Å². The predicted molar refractivity (Wildman–Crippen MR) is 105 cm³/mol. The molecule has 0 amide bonds. The molecule has 1 fully saturated rings. The van der Waals surface area contributed by atoms with Gasteiger partial charge in [0.25, 0.3) is 0 Å². The maximum Gasteiger partial charge on any atom is 0.250 e. The Morgan fingerprint density at radius 3 is 2.41 bits per heavy atom. The van der Waals surface area contributed by atoms with Crippen molar-refractivity contribution < 1.29 is 4.74 Å². The van der Waals surface area contributed by atoms with Crippen molar-refractivity contribution in [2.24, 2.45) is 0 Å². The van der Waals surface area contributed by atoms with Gasteiger partial charge < -0.3 is 9.64 Å². The van der Waals surface area contributed by atoms with E-state index in [1.165, 1.54) is 0 Å². The standard InChI is InChI=1S/C19H21ClN6O/c20-16-6-8-18(9-7-16)27-15-14-24-10-12-25(13-11-24)19-21-22-23-26(19)17-4-2-1-3-5-17/h1-9H,10-15H2. The van der Waals surface area contributed by atoms with Crippen molar-refractivity contribution in [3.8, 4) is 11.4 Å². The highest BCUT2D eigenvalue weighted by Crippen LogP contribution is 2.18. The molecular weight excluding hydrogens is 364 g/mol. The highest BCUT2D eigenvalue weighted by atomic mass is 35.5. The van der Waals surface area contributed by atoms with Crippen LogP contribution in [0.3, 0.4) is 0 Å². The molecule has 3 aromatic rings. The summed E-state index contributed by atoms with van der Waals surface area (Å²) >= 11 is 5.89. The second kappa shape index (κ2) is 8.37. The van der Waals surface area contributed by atoms with E-state index >= 15 is 0 Å². The average Bonchev–Trinajstić information content (AvgIpc) is 3.21. The number of anilines is 1. The first-order chi connectivity index (χ1) is 13.3. The number of para-hydroxylation sites is 1. The number of nitrogens with zero attached hydrogens (tertiary/aromatic N) is 6. The van der Waals surface area contributed by atoms with Crippen LogP contribution in [0.1, 0.15) is 0 Å². The van der Waals surface area contributed by atoms with Gasteiger partial charge in [0.05, 0.1) is 5.69 Å². The molecule has 0 spiro atoms. The van der Waals surface area contributed by atoms with Crippen molar-refractivity contribution in [2.45, 2.75) is 0 Å². The van der Waals surface area contributed by atoms with Crippen molar-refractivity contribution in [1.82, 2.24) is 25.1 Å². The summed E-state index contributed by atoms with van der Waals surface area (Å²) in [6, 6.07) is 17.4. The molecule has 140 valence electrons. The van der Waals surface area contributed by atoms with Crippen LogP contribution in [0, 0.1) is 0 Å². The molecule has 27 heavy (non-hydrogen) atoms. The highest BCUT2D eigenvalue weighted by Gasteiger charge is 2.22. The third-order valence-electron chi connectivity index (χ3n) is 4.60. The molecule has 1 aliphatic rings. The summed E-state index contributed by atoms with van der Waals surface area (Å²) in [5.74, 6) is 1.64. The third kappa shape index (κ3) is 4.37. The van der Waals surface area contributed by atoms with Crippen LogP contribution in [0.15, 0.2) is 54.6 Å². The first-order valence-electron chi connectivity index (χ1n) is 8.99. The number of rotatable bonds is 6. The second-order valence-electron chi connectivity index (χ2n) is 6.36. The highest BCUT2D eigenvalue weighted by molar-refractivity contribution is 6.30. The minimum atomic E-state index is 0.656. The van der Waals surface area contributed by atoms with Gasteiger partial charge in [-0.2, -0.15) is 4.68 Å². The van der Waals surface area contributed by atoms with Crippen LogP contribution in [0.5, 0.6) is 5.75 Å². The number of aromatic nitrogens is 4. The van der Waals surface area contributed by atoms with E-state index in [9.17, 15) is 0 Å². The fourth-order valence-electron chi connectivity index (χ4n) is 3.11. The Morgan fingerprint density at radius 2 is 1.67 bits per heavy atom. The molecule has 1 saturated heterocycles. The molecule has 0 N–H and O–H groups in total. The zero-order chi connectivity index (χ0) is 18.5. The van der Waals surface area contributed by atoms with E-state index in [0.717, 1.165) is 55.1 Å². The van der Waals surface area contributed by atoms with Gasteiger partial charge >= 0.3 is 0 Å². The van der Waals surface area contributed by atoms with E-state index in [2.05, 4.69) is 25.3 Å². The lowest BCUT2D eigenvalue weighted by atomic mass is 10.3. The number of hydrogen-bond acceptors (Lipinski definition) is 6. The summed E-state index contributed by atoms with van der Waals surface area (Å²) in [7, 11) is 0. The normalized spacial score (nSPS) is 15.1. The van der Waals surface area contributed by atoms with Gasteiger partial charge in [0.2, 0.25) is 5.95 Å². The minimum Gasteiger partial charge on any atom is -0.492 e. The van der Waals surface area contributed by atoms with Gasteiger partial charge in [-0.1, -0.05) is 34.9 Å². The number of tetrazole rings is 1. The summed E-state index contributed by atoms with van der Waals surface area (Å²) in [5.41, 5.74) is 0.969. The number of benzene rings is 2. The molecule has 8 heteroatoms. The molecule has 0 unspecified atom stereocenters. The summed E-state index contributed by atoms with van der Waals surface area (Å²) in [6.07, 6.45) is 0. The van der Waals surface area contributed by atoms with Crippen LogP contribution in [0.25, 0.3) is 5.69 Å². The van der Waals surface area contributed by atoms with Crippen LogP contribution >= 0.6 is 11.6 Å². The van der Waals surface area contributed by atoms with Crippen molar-refractivity contribution in [1.29, 1.82) is 0 Å². The molecule has 7 nitrogen and oxygen atoms in total. The van der Waals surface area contributed by atoms with Gasteiger partial charge in [-0.05, 0) is 46.8 Å². The fourth-order valence-corrected chi connectivity index (χ4v) is 3.24. The van der Waals surface area contributed by atoms with Crippen molar-refractivity contribution >= 4 is 17.5 Å². The topological polar surface area (TPSA) is 59.3 Å². The van der Waals surface area contributed by atoms with Gasteiger partial charge in [0, 0.05) is 37.7 Å². The molecule has 0 saturated carbocycles. The lowest BCUT2D eigenvalue weighted by Gasteiger charge is -2.34. The van der Waals surface area contributed by atoms with E-state index in [-0.39, 0.29) is 0 Å². The van der Waals surface area contributed by atoms with E-state index in [0.29, 0.717) is 6.61 Å². The number of ether oxygens (including phenoxy) is 1. The fraction of sp³-hybridized carbons (Fsp3) is 0.316. The summed E-state index contributed by atoms with van der Waals surface area (Å²) in [6.45, 7) is 5.21. The second-order valence-corrected chi connectivity index (χ2v) is 6.79. The smallest absolute Gasteiger partial charge is 0.250 e. The molecule has 0 bridgehead atoms. The van der Waals surface area contributed by atoms with Crippen molar-refractivity contribution in [3.63, 3.8) is 0 Å². The van der Waals surface area contributed by atoms with E-state index < -0.39 is 0 Å². The molecule has 4 rings (SSSR count). The predicted octanol–water partition coefficient (Wildman–Crippen LogP) is 2.52. The minimum absolute atomic E-state index is 0.656. The summed E-state index contributed by atoms with van der Waals surface area (Å²) in [4.78, 5) is 4.62. The van der Waals surface area contributed by atoms with Crippen LogP contribution in [-0.2, 0) is 0 Å². The van der Waals surface area contributed by atoms with E-state index in [1.807, 2.05) is 54.6 Å². The van der Waals surface area contributed by atoms with Crippen LogP contribution in [-0.4, -0.2) is 64.4 Å². The Morgan fingerprint density at radius 1 is 0.926 bits per heavy atom.